The minimum atomic E-state index is -0.156. The molecule has 0 heterocycles. The molecule has 3 nitrogen and oxygen atoms in total. The molecule has 5 atom stereocenters. The Labute approximate surface area is 106 Å². The van der Waals surface area contributed by atoms with Crippen LogP contribution in [0.1, 0.15) is 32.1 Å². The molecule has 0 amide bonds. The molecule has 0 aliphatic heterocycles. The second-order valence-corrected chi connectivity index (χ2v) is 6.22. The molecule has 0 saturated heterocycles. The van der Waals surface area contributed by atoms with Gasteiger partial charge in [-0.1, -0.05) is 13.2 Å². The van der Waals surface area contributed by atoms with Crippen LogP contribution in [-0.4, -0.2) is 31.1 Å². The van der Waals surface area contributed by atoms with Crippen LogP contribution in [-0.2, 0) is 0 Å². The first-order valence-corrected chi connectivity index (χ1v) is 7.22. The van der Waals surface area contributed by atoms with Crippen LogP contribution >= 0.6 is 0 Å². The van der Waals surface area contributed by atoms with Gasteiger partial charge in [0.2, 0.25) is 0 Å². The predicted molar refractivity (Wildman–Crippen MR) is 73.0 cm³/mol. The SMILES string of the molecule is CNC1CC2CC(N)C(CCCB(C)O)C2C1. The molecule has 2 aliphatic rings. The monoisotopic (exact) mass is 238 g/mol. The van der Waals surface area contributed by atoms with Crippen molar-refractivity contribution in [2.24, 2.45) is 23.5 Å². The zero-order valence-electron chi connectivity index (χ0n) is 11.2. The van der Waals surface area contributed by atoms with Gasteiger partial charge in [-0.25, -0.2) is 0 Å². The number of rotatable bonds is 5. The van der Waals surface area contributed by atoms with Crippen LogP contribution in [0.2, 0.25) is 13.1 Å². The molecule has 4 heteroatoms. The number of hydrogen-bond donors (Lipinski definition) is 3. The maximum atomic E-state index is 9.32. The van der Waals surface area contributed by atoms with Gasteiger partial charge in [0.15, 0.2) is 0 Å². The predicted octanol–water partition coefficient (Wildman–Crippen LogP) is 1.34. The van der Waals surface area contributed by atoms with E-state index in [1.807, 2.05) is 6.82 Å². The van der Waals surface area contributed by atoms with E-state index in [4.69, 9.17) is 5.73 Å². The van der Waals surface area contributed by atoms with Gasteiger partial charge in [-0.3, -0.25) is 0 Å². The summed E-state index contributed by atoms with van der Waals surface area (Å²) in [5.74, 6) is 2.41. The van der Waals surface area contributed by atoms with Gasteiger partial charge in [0.05, 0.1) is 0 Å². The maximum Gasteiger partial charge on any atom is 0.285 e. The summed E-state index contributed by atoms with van der Waals surface area (Å²) >= 11 is 0. The van der Waals surface area contributed by atoms with E-state index in [0.29, 0.717) is 12.0 Å². The van der Waals surface area contributed by atoms with Gasteiger partial charge in [0, 0.05) is 12.1 Å². The van der Waals surface area contributed by atoms with Gasteiger partial charge in [-0.15, -0.1) is 0 Å². The zero-order valence-corrected chi connectivity index (χ0v) is 11.2. The first-order chi connectivity index (χ1) is 8.11. The van der Waals surface area contributed by atoms with Crippen molar-refractivity contribution in [2.75, 3.05) is 7.05 Å². The van der Waals surface area contributed by atoms with Crippen molar-refractivity contribution in [1.29, 1.82) is 0 Å². The lowest BCUT2D eigenvalue weighted by Crippen LogP contribution is -2.30. The van der Waals surface area contributed by atoms with Crippen molar-refractivity contribution in [2.45, 2.75) is 57.3 Å². The smallest absolute Gasteiger partial charge is 0.285 e. The van der Waals surface area contributed by atoms with E-state index in [1.54, 1.807) is 0 Å². The highest BCUT2D eigenvalue weighted by atomic mass is 16.2. The molecule has 0 spiro atoms. The van der Waals surface area contributed by atoms with Crippen molar-refractivity contribution in [3.8, 4) is 0 Å². The summed E-state index contributed by atoms with van der Waals surface area (Å²) in [5.41, 5.74) is 6.29. The van der Waals surface area contributed by atoms with Gasteiger partial charge < -0.3 is 16.1 Å². The quantitative estimate of drug-likeness (QED) is 0.633. The topological polar surface area (TPSA) is 58.3 Å². The van der Waals surface area contributed by atoms with Gasteiger partial charge in [0.25, 0.3) is 6.92 Å². The fourth-order valence-electron chi connectivity index (χ4n) is 4.11. The third-order valence-electron chi connectivity index (χ3n) is 4.99. The molecule has 2 aliphatic carbocycles. The van der Waals surface area contributed by atoms with Crippen LogP contribution in [0.5, 0.6) is 0 Å². The highest BCUT2D eigenvalue weighted by Crippen LogP contribution is 2.48. The van der Waals surface area contributed by atoms with E-state index in [9.17, 15) is 5.02 Å². The molecular formula is C13H27BN2O. The normalized spacial score (nSPS) is 40.6. The molecule has 0 aromatic heterocycles. The Morgan fingerprint density at radius 2 is 2.12 bits per heavy atom. The fraction of sp³-hybridized carbons (Fsp3) is 1.00. The van der Waals surface area contributed by atoms with Crippen molar-refractivity contribution in [1.82, 2.24) is 5.32 Å². The van der Waals surface area contributed by atoms with Crippen LogP contribution < -0.4 is 11.1 Å². The van der Waals surface area contributed by atoms with Gasteiger partial charge in [0.1, 0.15) is 0 Å². The Bertz CT molecular complexity index is 250. The van der Waals surface area contributed by atoms with Crippen LogP contribution in [0.3, 0.4) is 0 Å². The molecule has 4 N–H and O–H groups in total. The van der Waals surface area contributed by atoms with Gasteiger partial charge in [-0.05, 0) is 56.8 Å². The third kappa shape index (κ3) is 3.04. The molecule has 2 fully saturated rings. The number of nitrogens with one attached hydrogen (secondary N) is 1. The van der Waals surface area contributed by atoms with Gasteiger partial charge >= 0.3 is 0 Å². The lowest BCUT2D eigenvalue weighted by Gasteiger charge is -2.22. The molecule has 0 radical (unpaired) electrons. The first kappa shape index (κ1) is 13.4. The largest absolute Gasteiger partial charge is 0.451 e. The van der Waals surface area contributed by atoms with E-state index in [0.717, 1.165) is 30.6 Å². The van der Waals surface area contributed by atoms with E-state index >= 15 is 0 Å². The molecule has 0 aromatic rings. The molecule has 0 bridgehead atoms. The number of hydrogen-bond acceptors (Lipinski definition) is 3. The Morgan fingerprint density at radius 1 is 1.35 bits per heavy atom. The van der Waals surface area contributed by atoms with E-state index in [1.165, 1.54) is 25.7 Å². The van der Waals surface area contributed by atoms with E-state index < -0.39 is 0 Å². The summed E-state index contributed by atoms with van der Waals surface area (Å²) in [6, 6.07) is 1.13. The average molecular weight is 238 g/mol. The minimum Gasteiger partial charge on any atom is -0.451 e. The molecule has 5 unspecified atom stereocenters. The minimum absolute atomic E-state index is 0.156. The standard InChI is InChI=1S/C13H27BN2O/c1-14(17)5-3-4-11-12-8-10(16-2)6-9(12)7-13(11)15/h9-13,16-17H,3-8,15H2,1-2H3. The Kier molecular flexibility index (Phi) is 4.50. The maximum absolute atomic E-state index is 9.32. The van der Waals surface area contributed by atoms with Crippen LogP contribution in [0.25, 0.3) is 0 Å². The summed E-state index contributed by atoms with van der Waals surface area (Å²) in [5, 5.41) is 12.7. The second kappa shape index (κ2) is 5.72. The van der Waals surface area contributed by atoms with Crippen LogP contribution in [0, 0.1) is 17.8 Å². The number of nitrogens with two attached hydrogens (primary N) is 1. The summed E-state index contributed by atoms with van der Waals surface area (Å²) < 4.78 is 0. The average Bonchev–Trinajstić information content (AvgIpc) is 2.77. The fourth-order valence-corrected chi connectivity index (χ4v) is 4.11. The summed E-state index contributed by atoms with van der Waals surface area (Å²) in [4.78, 5) is 0. The lowest BCUT2D eigenvalue weighted by molar-refractivity contribution is 0.310. The van der Waals surface area contributed by atoms with Crippen molar-refractivity contribution >= 4 is 6.92 Å². The Hall–Kier alpha value is -0.0551. The molecule has 98 valence electrons. The number of fused-ring (bicyclic) bond motifs is 1. The van der Waals surface area contributed by atoms with E-state index in [-0.39, 0.29) is 6.92 Å². The first-order valence-electron chi connectivity index (χ1n) is 7.22. The molecule has 0 aromatic carbocycles. The van der Waals surface area contributed by atoms with E-state index in [2.05, 4.69) is 12.4 Å². The highest BCUT2D eigenvalue weighted by Gasteiger charge is 2.46. The third-order valence-corrected chi connectivity index (χ3v) is 4.99. The lowest BCUT2D eigenvalue weighted by atomic mass is 9.66. The molecule has 2 saturated carbocycles. The van der Waals surface area contributed by atoms with Crippen molar-refractivity contribution in [3.63, 3.8) is 0 Å². The summed E-state index contributed by atoms with van der Waals surface area (Å²) in [6.07, 6.45) is 7.13. The zero-order chi connectivity index (χ0) is 12.4. The van der Waals surface area contributed by atoms with Gasteiger partial charge in [-0.2, -0.15) is 0 Å². The molecular weight excluding hydrogens is 211 g/mol. The Morgan fingerprint density at radius 3 is 2.76 bits per heavy atom. The Balaban J connectivity index is 1.84. The summed E-state index contributed by atoms with van der Waals surface area (Å²) in [6.45, 7) is 1.72. The van der Waals surface area contributed by atoms with Crippen LogP contribution in [0.4, 0.5) is 0 Å². The summed E-state index contributed by atoms with van der Waals surface area (Å²) in [7, 11) is 2.08. The van der Waals surface area contributed by atoms with Crippen molar-refractivity contribution < 1.29 is 5.02 Å². The van der Waals surface area contributed by atoms with Crippen LogP contribution in [0.15, 0.2) is 0 Å². The molecule has 2 rings (SSSR count). The molecule has 17 heavy (non-hydrogen) atoms. The van der Waals surface area contributed by atoms with Crippen molar-refractivity contribution in [3.05, 3.63) is 0 Å². The highest BCUT2D eigenvalue weighted by molar-refractivity contribution is 6.48. The second-order valence-electron chi connectivity index (χ2n) is 6.22.